The Morgan fingerprint density at radius 1 is 1.38 bits per heavy atom. The second-order valence-corrected chi connectivity index (χ2v) is 5.25. The van der Waals surface area contributed by atoms with Crippen molar-refractivity contribution in [3.63, 3.8) is 0 Å². The molecule has 0 saturated carbocycles. The summed E-state index contributed by atoms with van der Waals surface area (Å²) in [5.74, 6) is 2.35. The number of ether oxygens (including phenoxy) is 2. The summed E-state index contributed by atoms with van der Waals surface area (Å²) in [6.07, 6.45) is 1.50. The lowest BCUT2D eigenvalue weighted by Crippen LogP contribution is -2.04. The molecule has 0 atom stereocenters. The van der Waals surface area contributed by atoms with Crippen molar-refractivity contribution < 1.29 is 14.0 Å². The van der Waals surface area contributed by atoms with Gasteiger partial charge in [-0.25, -0.2) is 0 Å². The second-order valence-electron chi connectivity index (χ2n) is 4.39. The molecule has 2 aromatic rings. The predicted octanol–water partition coefficient (Wildman–Crippen LogP) is 2.48. The maximum Gasteiger partial charge on any atom is 0.264 e. The van der Waals surface area contributed by atoms with E-state index in [0.29, 0.717) is 29.8 Å². The number of nitrogens with two attached hydrogens (primary N) is 1. The fraction of sp³-hybridized carbons (Fsp3) is 0.429. The number of hydrogen-bond donors (Lipinski definition) is 1. The van der Waals surface area contributed by atoms with Gasteiger partial charge in [0.05, 0.1) is 11.6 Å². The summed E-state index contributed by atoms with van der Waals surface area (Å²) < 4.78 is 17.0. The standard InChI is InChI=1S/C14H18BrN3O3/c1-3-12-17-13(21-18-12)8-20-14-10(15)6-9(4-5-16)7-11(14)19-2/h6-7H,3-5,8,16H2,1-2H3. The first-order valence-corrected chi connectivity index (χ1v) is 7.48. The van der Waals surface area contributed by atoms with Crippen LogP contribution in [0, 0.1) is 0 Å². The lowest BCUT2D eigenvalue weighted by Gasteiger charge is -2.13. The molecule has 0 fully saturated rings. The van der Waals surface area contributed by atoms with Crippen LogP contribution in [0.15, 0.2) is 21.1 Å². The zero-order valence-corrected chi connectivity index (χ0v) is 13.6. The Kier molecular flexibility index (Phi) is 5.58. The Morgan fingerprint density at radius 3 is 2.81 bits per heavy atom. The van der Waals surface area contributed by atoms with Crippen LogP contribution in [0.2, 0.25) is 0 Å². The van der Waals surface area contributed by atoms with Gasteiger partial charge in [0, 0.05) is 6.42 Å². The SMILES string of the molecule is CCc1noc(COc2c(Br)cc(CCN)cc2OC)n1. The molecule has 0 amide bonds. The third-order valence-electron chi connectivity index (χ3n) is 2.89. The van der Waals surface area contributed by atoms with E-state index in [0.717, 1.165) is 22.9 Å². The molecule has 0 spiro atoms. The highest BCUT2D eigenvalue weighted by Gasteiger charge is 2.13. The molecule has 0 unspecified atom stereocenters. The van der Waals surface area contributed by atoms with Crippen molar-refractivity contribution in [1.29, 1.82) is 0 Å². The fourth-order valence-electron chi connectivity index (χ4n) is 1.85. The zero-order valence-electron chi connectivity index (χ0n) is 12.1. The molecule has 2 rings (SSSR count). The minimum atomic E-state index is 0.193. The van der Waals surface area contributed by atoms with Crippen LogP contribution in [0.4, 0.5) is 0 Å². The summed E-state index contributed by atoms with van der Waals surface area (Å²) in [4.78, 5) is 4.20. The van der Waals surface area contributed by atoms with Crippen molar-refractivity contribution in [2.24, 2.45) is 5.73 Å². The van der Waals surface area contributed by atoms with Gasteiger partial charge in [0.1, 0.15) is 0 Å². The molecule has 1 aromatic heterocycles. The van der Waals surface area contributed by atoms with E-state index in [9.17, 15) is 0 Å². The van der Waals surface area contributed by atoms with E-state index in [4.69, 9.17) is 19.7 Å². The molecule has 1 heterocycles. The van der Waals surface area contributed by atoms with Crippen molar-refractivity contribution in [3.05, 3.63) is 33.9 Å². The first-order chi connectivity index (χ1) is 10.2. The molecule has 0 bridgehead atoms. The molecule has 21 heavy (non-hydrogen) atoms. The van der Waals surface area contributed by atoms with Crippen molar-refractivity contribution in [3.8, 4) is 11.5 Å². The van der Waals surface area contributed by atoms with Gasteiger partial charge in [-0.05, 0) is 46.6 Å². The summed E-state index contributed by atoms with van der Waals surface area (Å²) in [6, 6.07) is 3.88. The summed E-state index contributed by atoms with van der Waals surface area (Å²) >= 11 is 3.49. The highest BCUT2D eigenvalue weighted by molar-refractivity contribution is 9.10. The maximum atomic E-state index is 5.74. The van der Waals surface area contributed by atoms with E-state index >= 15 is 0 Å². The van der Waals surface area contributed by atoms with E-state index in [1.165, 1.54) is 0 Å². The van der Waals surface area contributed by atoms with Crippen LogP contribution in [-0.2, 0) is 19.4 Å². The summed E-state index contributed by atoms with van der Waals surface area (Å²) in [7, 11) is 1.60. The molecule has 0 saturated heterocycles. The van der Waals surface area contributed by atoms with Crippen molar-refractivity contribution >= 4 is 15.9 Å². The lowest BCUT2D eigenvalue weighted by atomic mass is 10.1. The van der Waals surface area contributed by atoms with Gasteiger partial charge in [0.15, 0.2) is 23.9 Å². The van der Waals surface area contributed by atoms with Crippen LogP contribution in [-0.4, -0.2) is 23.8 Å². The largest absolute Gasteiger partial charge is 0.493 e. The van der Waals surface area contributed by atoms with E-state index in [2.05, 4.69) is 26.1 Å². The molecule has 7 heteroatoms. The molecular weight excluding hydrogens is 338 g/mol. The van der Waals surface area contributed by atoms with Gasteiger partial charge in [-0.1, -0.05) is 12.1 Å². The molecule has 0 aliphatic carbocycles. The van der Waals surface area contributed by atoms with Gasteiger partial charge in [-0.2, -0.15) is 4.98 Å². The average Bonchev–Trinajstić information content (AvgIpc) is 2.94. The van der Waals surface area contributed by atoms with Crippen LogP contribution in [0.5, 0.6) is 11.5 Å². The van der Waals surface area contributed by atoms with Crippen molar-refractivity contribution in [2.75, 3.05) is 13.7 Å². The molecule has 6 nitrogen and oxygen atoms in total. The monoisotopic (exact) mass is 355 g/mol. The van der Waals surface area contributed by atoms with Gasteiger partial charge in [0.25, 0.3) is 5.89 Å². The molecule has 114 valence electrons. The number of halogens is 1. The van der Waals surface area contributed by atoms with Crippen molar-refractivity contribution in [2.45, 2.75) is 26.4 Å². The summed E-state index contributed by atoms with van der Waals surface area (Å²) in [5, 5.41) is 3.83. The molecular formula is C14H18BrN3O3. The second kappa shape index (κ2) is 7.42. The van der Waals surface area contributed by atoms with E-state index in [1.54, 1.807) is 7.11 Å². The number of nitrogens with zero attached hydrogens (tertiary/aromatic N) is 2. The Hall–Kier alpha value is -1.60. The Labute approximate surface area is 131 Å². The normalized spacial score (nSPS) is 10.7. The highest BCUT2D eigenvalue weighted by atomic mass is 79.9. The number of benzene rings is 1. The van der Waals surface area contributed by atoms with Crippen molar-refractivity contribution in [1.82, 2.24) is 10.1 Å². The number of aryl methyl sites for hydroxylation is 1. The van der Waals surface area contributed by atoms with Gasteiger partial charge in [-0.3, -0.25) is 0 Å². The predicted molar refractivity (Wildman–Crippen MR) is 81.5 cm³/mol. The smallest absolute Gasteiger partial charge is 0.264 e. The van der Waals surface area contributed by atoms with Crippen LogP contribution in [0.1, 0.15) is 24.2 Å². The Bertz CT molecular complexity index is 601. The van der Waals surface area contributed by atoms with Crippen LogP contribution >= 0.6 is 15.9 Å². The number of aromatic nitrogens is 2. The maximum absolute atomic E-state index is 5.74. The molecule has 0 radical (unpaired) electrons. The molecule has 2 N–H and O–H groups in total. The van der Waals surface area contributed by atoms with Gasteiger partial charge in [-0.15, -0.1) is 0 Å². The number of rotatable bonds is 7. The topological polar surface area (TPSA) is 83.4 Å². The molecule has 1 aromatic carbocycles. The summed E-state index contributed by atoms with van der Waals surface area (Å²) in [5.41, 5.74) is 6.66. The minimum absolute atomic E-state index is 0.193. The zero-order chi connectivity index (χ0) is 15.2. The molecule has 0 aliphatic heterocycles. The van der Waals surface area contributed by atoms with Gasteiger partial charge >= 0.3 is 0 Å². The van der Waals surface area contributed by atoms with Crippen LogP contribution in [0.25, 0.3) is 0 Å². The van der Waals surface area contributed by atoms with Crippen LogP contribution < -0.4 is 15.2 Å². The first kappa shape index (κ1) is 15.8. The lowest BCUT2D eigenvalue weighted by molar-refractivity contribution is 0.231. The van der Waals surface area contributed by atoms with Crippen LogP contribution in [0.3, 0.4) is 0 Å². The summed E-state index contributed by atoms with van der Waals surface area (Å²) in [6.45, 7) is 2.74. The van der Waals surface area contributed by atoms with E-state index < -0.39 is 0 Å². The van der Waals surface area contributed by atoms with E-state index in [1.807, 2.05) is 19.1 Å². The number of methoxy groups -OCH3 is 1. The highest BCUT2D eigenvalue weighted by Crippen LogP contribution is 2.37. The van der Waals surface area contributed by atoms with E-state index in [-0.39, 0.29) is 6.61 Å². The molecule has 0 aliphatic rings. The minimum Gasteiger partial charge on any atom is -0.493 e. The average molecular weight is 356 g/mol. The Balaban J connectivity index is 2.14. The van der Waals surface area contributed by atoms with Gasteiger partial charge in [0.2, 0.25) is 0 Å². The third kappa shape index (κ3) is 3.95. The quantitative estimate of drug-likeness (QED) is 0.821. The number of hydrogen-bond acceptors (Lipinski definition) is 6. The fourth-order valence-corrected chi connectivity index (χ4v) is 2.45. The Morgan fingerprint density at radius 2 is 2.19 bits per heavy atom. The van der Waals surface area contributed by atoms with Gasteiger partial charge < -0.3 is 19.7 Å². The first-order valence-electron chi connectivity index (χ1n) is 6.68. The third-order valence-corrected chi connectivity index (χ3v) is 3.48.